The first-order valence-corrected chi connectivity index (χ1v) is 10.0. The van der Waals surface area contributed by atoms with E-state index in [1.165, 1.54) is 11.1 Å². The second-order valence-corrected chi connectivity index (χ2v) is 7.77. The maximum Gasteiger partial charge on any atom is 0.119 e. The lowest BCUT2D eigenvalue weighted by molar-refractivity contribution is 0.415. The summed E-state index contributed by atoms with van der Waals surface area (Å²) in [5.74, 6) is 1.38. The van der Waals surface area contributed by atoms with E-state index in [4.69, 9.17) is 10.5 Å². The van der Waals surface area contributed by atoms with Crippen LogP contribution in [-0.4, -0.2) is 16.7 Å². The predicted octanol–water partition coefficient (Wildman–Crippen LogP) is 5.40. The zero-order chi connectivity index (χ0) is 20.4. The van der Waals surface area contributed by atoms with Crippen molar-refractivity contribution in [2.24, 2.45) is 5.73 Å². The Labute approximate surface area is 172 Å². The van der Waals surface area contributed by atoms with Gasteiger partial charge in [-0.05, 0) is 65.4 Å². The fraction of sp³-hybridized carbons (Fsp3) is 0.240. The van der Waals surface area contributed by atoms with E-state index in [-0.39, 0.29) is 6.04 Å². The number of aromatic nitrogens is 2. The van der Waals surface area contributed by atoms with E-state index in [9.17, 15) is 0 Å². The Kier molecular flexibility index (Phi) is 5.36. The Morgan fingerprint density at radius 3 is 2.28 bits per heavy atom. The van der Waals surface area contributed by atoms with Crippen molar-refractivity contribution < 1.29 is 4.74 Å². The molecule has 4 nitrogen and oxygen atoms in total. The minimum absolute atomic E-state index is 0.0598. The fourth-order valence-electron chi connectivity index (χ4n) is 3.62. The number of rotatable bonds is 6. The van der Waals surface area contributed by atoms with Gasteiger partial charge in [0.1, 0.15) is 12.1 Å². The predicted molar refractivity (Wildman–Crippen MR) is 119 cm³/mol. The number of methoxy groups -OCH3 is 1. The molecule has 1 unspecified atom stereocenters. The van der Waals surface area contributed by atoms with Crippen molar-refractivity contribution in [2.45, 2.75) is 32.2 Å². The molecule has 4 aromatic rings. The van der Waals surface area contributed by atoms with Crippen LogP contribution in [0, 0.1) is 0 Å². The molecule has 29 heavy (non-hydrogen) atoms. The number of nitrogens with two attached hydrogens (primary N) is 1. The Hall–Kier alpha value is -3.11. The summed E-state index contributed by atoms with van der Waals surface area (Å²) in [6, 6.07) is 23.0. The van der Waals surface area contributed by atoms with E-state index < -0.39 is 0 Å². The van der Waals surface area contributed by atoms with Crippen LogP contribution in [0.4, 0.5) is 0 Å². The molecule has 1 atom stereocenters. The third-order valence-corrected chi connectivity index (χ3v) is 5.45. The monoisotopic (exact) mass is 385 g/mol. The highest BCUT2D eigenvalue weighted by Gasteiger charge is 2.11. The van der Waals surface area contributed by atoms with E-state index in [1.54, 1.807) is 7.11 Å². The molecule has 0 aliphatic heterocycles. The van der Waals surface area contributed by atoms with Crippen LogP contribution in [0.15, 0.2) is 73.1 Å². The van der Waals surface area contributed by atoms with E-state index in [1.807, 2.05) is 30.6 Å². The largest absolute Gasteiger partial charge is 0.497 e. The molecule has 0 aliphatic rings. The minimum Gasteiger partial charge on any atom is -0.497 e. The van der Waals surface area contributed by atoms with E-state index in [0.717, 1.165) is 34.5 Å². The highest BCUT2D eigenvalue weighted by molar-refractivity contribution is 5.78. The van der Waals surface area contributed by atoms with Crippen molar-refractivity contribution in [2.75, 3.05) is 7.11 Å². The second kappa shape index (κ2) is 8.10. The molecule has 1 heterocycles. The van der Waals surface area contributed by atoms with Gasteiger partial charge < -0.3 is 10.5 Å². The minimum atomic E-state index is -0.0598. The van der Waals surface area contributed by atoms with Crippen LogP contribution in [0.1, 0.15) is 42.5 Å². The lowest BCUT2D eigenvalue weighted by Crippen LogP contribution is -2.13. The average Bonchev–Trinajstić information content (AvgIpc) is 3.17. The highest BCUT2D eigenvalue weighted by atomic mass is 16.5. The van der Waals surface area contributed by atoms with Gasteiger partial charge in [0, 0.05) is 11.7 Å². The molecule has 0 radical (unpaired) electrons. The number of hydrogen-bond acceptors (Lipinski definition) is 3. The molecule has 4 heteroatoms. The standard InChI is InChI=1S/C25H27N3O/c1-17(2)19-6-4-18(5-7-19)14-23(26)20-8-13-25-24(15-20)27-16-28(25)21-9-11-22(29-3)12-10-21/h4-13,15-17,23H,14,26H2,1-3H3. The summed E-state index contributed by atoms with van der Waals surface area (Å²) in [6.07, 6.45) is 2.66. The van der Waals surface area contributed by atoms with E-state index >= 15 is 0 Å². The van der Waals surface area contributed by atoms with Gasteiger partial charge in [-0.3, -0.25) is 4.57 Å². The van der Waals surface area contributed by atoms with Crippen LogP contribution in [0.5, 0.6) is 5.75 Å². The van der Waals surface area contributed by atoms with E-state index in [2.05, 4.69) is 65.9 Å². The van der Waals surface area contributed by atoms with Crippen molar-refractivity contribution in [3.8, 4) is 11.4 Å². The van der Waals surface area contributed by atoms with Gasteiger partial charge >= 0.3 is 0 Å². The summed E-state index contributed by atoms with van der Waals surface area (Å²) in [7, 11) is 1.67. The summed E-state index contributed by atoms with van der Waals surface area (Å²) >= 11 is 0. The van der Waals surface area contributed by atoms with Crippen LogP contribution >= 0.6 is 0 Å². The van der Waals surface area contributed by atoms with Crippen LogP contribution < -0.4 is 10.5 Å². The van der Waals surface area contributed by atoms with Crippen molar-refractivity contribution in [1.29, 1.82) is 0 Å². The molecule has 3 aromatic carbocycles. The molecule has 1 aromatic heterocycles. The molecule has 4 rings (SSSR count). The van der Waals surface area contributed by atoms with Crippen LogP contribution in [0.3, 0.4) is 0 Å². The smallest absolute Gasteiger partial charge is 0.119 e. The SMILES string of the molecule is COc1ccc(-n2cnc3cc(C(N)Cc4ccc(C(C)C)cc4)ccc32)cc1. The third-order valence-electron chi connectivity index (χ3n) is 5.45. The maximum absolute atomic E-state index is 6.52. The summed E-state index contributed by atoms with van der Waals surface area (Å²) in [5, 5.41) is 0. The first-order valence-electron chi connectivity index (χ1n) is 10.0. The molecule has 0 amide bonds. The lowest BCUT2D eigenvalue weighted by Gasteiger charge is -2.14. The summed E-state index contributed by atoms with van der Waals surface area (Å²) in [5.41, 5.74) is 13.3. The maximum atomic E-state index is 6.52. The van der Waals surface area contributed by atoms with Crippen LogP contribution in [-0.2, 0) is 6.42 Å². The summed E-state index contributed by atoms with van der Waals surface area (Å²) in [6.45, 7) is 4.42. The van der Waals surface area contributed by atoms with Gasteiger partial charge in [-0.15, -0.1) is 0 Å². The number of imidazole rings is 1. The Morgan fingerprint density at radius 2 is 1.62 bits per heavy atom. The van der Waals surface area contributed by atoms with Crippen molar-refractivity contribution in [3.05, 3.63) is 89.7 Å². The molecule has 0 bridgehead atoms. The first kappa shape index (κ1) is 19.2. The van der Waals surface area contributed by atoms with Crippen molar-refractivity contribution in [3.63, 3.8) is 0 Å². The molecule has 148 valence electrons. The van der Waals surface area contributed by atoms with Gasteiger partial charge in [0.25, 0.3) is 0 Å². The van der Waals surface area contributed by atoms with Gasteiger partial charge in [-0.1, -0.05) is 44.2 Å². The molecule has 2 N–H and O–H groups in total. The summed E-state index contributed by atoms with van der Waals surface area (Å²) < 4.78 is 7.32. The van der Waals surface area contributed by atoms with Gasteiger partial charge in [0.15, 0.2) is 0 Å². The van der Waals surface area contributed by atoms with Gasteiger partial charge in [-0.2, -0.15) is 0 Å². The Balaban J connectivity index is 1.55. The summed E-state index contributed by atoms with van der Waals surface area (Å²) in [4.78, 5) is 4.59. The number of benzene rings is 3. The number of nitrogens with zero attached hydrogens (tertiary/aromatic N) is 2. The zero-order valence-electron chi connectivity index (χ0n) is 17.2. The zero-order valence-corrected chi connectivity index (χ0v) is 17.2. The number of fused-ring (bicyclic) bond motifs is 1. The molecule has 0 fully saturated rings. The average molecular weight is 386 g/mol. The first-order chi connectivity index (χ1) is 14.0. The van der Waals surface area contributed by atoms with E-state index in [0.29, 0.717) is 5.92 Å². The van der Waals surface area contributed by atoms with Gasteiger partial charge in [-0.25, -0.2) is 4.98 Å². The second-order valence-electron chi connectivity index (χ2n) is 7.77. The molecule has 0 saturated heterocycles. The fourth-order valence-corrected chi connectivity index (χ4v) is 3.62. The van der Waals surface area contributed by atoms with Crippen molar-refractivity contribution in [1.82, 2.24) is 9.55 Å². The Morgan fingerprint density at radius 1 is 0.931 bits per heavy atom. The Bertz CT molecular complexity index is 1100. The number of hydrogen-bond donors (Lipinski definition) is 1. The number of ether oxygens (including phenoxy) is 1. The van der Waals surface area contributed by atoms with Crippen LogP contribution in [0.2, 0.25) is 0 Å². The third kappa shape index (κ3) is 4.03. The molecular weight excluding hydrogens is 358 g/mol. The quantitative estimate of drug-likeness (QED) is 0.483. The topological polar surface area (TPSA) is 53.1 Å². The lowest BCUT2D eigenvalue weighted by atomic mass is 9.96. The molecular formula is C25H27N3O. The molecule has 0 saturated carbocycles. The van der Waals surface area contributed by atoms with Gasteiger partial charge in [0.2, 0.25) is 0 Å². The van der Waals surface area contributed by atoms with Gasteiger partial charge in [0.05, 0.1) is 18.1 Å². The highest BCUT2D eigenvalue weighted by Crippen LogP contribution is 2.25. The molecule has 0 spiro atoms. The van der Waals surface area contributed by atoms with Crippen molar-refractivity contribution >= 4 is 11.0 Å². The molecule has 0 aliphatic carbocycles. The normalized spacial score (nSPS) is 12.4. The van der Waals surface area contributed by atoms with Crippen LogP contribution in [0.25, 0.3) is 16.7 Å².